The third-order valence-electron chi connectivity index (χ3n) is 2.59. The largest absolute Gasteiger partial charge is 0.381 e. The highest BCUT2D eigenvalue weighted by Gasteiger charge is 2.30. The summed E-state index contributed by atoms with van der Waals surface area (Å²) in [6, 6.07) is 0. The summed E-state index contributed by atoms with van der Waals surface area (Å²) < 4.78 is 11.2. The second-order valence-electron chi connectivity index (χ2n) is 3.64. The topological polar surface area (TPSA) is 18.5 Å². The van der Waals surface area contributed by atoms with E-state index in [1.165, 1.54) is 12.8 Å². The van der Waals surface area contributed by atoms with E-state index in [1.807, 2.05) is 0 Å². The van der Waals surface area contributed by atoms with Crippen LogP contribution in [0.25, 0.3) is 0 Å². The first-order valence-corrected chi connectivity index (χ1v) is 5.63. The molecule has 2 aliphatic rings. The molecule has 2 nitrogen and oxygen atoms in total. The highest BCUT2D eigenvalue weighted by molar-refractivity contribution is 9.09. The van der Waals surface area contributed by atoms with Crippen LogP contribution in [0.2, 0.25) is 0 Å². The van der Waals surface area contributed by atoms with E-state index in [4.69, 9.17) is 9.47 Å². The zero-order valence-electron chi connectivity index (χ0n) is 7.17. The van der Waals surface area contributed by atoms with E-state index >= 15 is 0 Å². The van der Waals surface area contributed by atoms with Crippen molar-refractivity contribution in [2.24, 2.45) is 0 Å². The molecular weight excluding hydrogens is 220 g/mol. The molecule has 0 amide bonds. The van der Waals surface area contributed by atoms with Gasteiger partial charge in [0, 0.05) is 18.0 Å². The molecule has 0 bridgehead atoms. The van der Waals surface area contributed by atoms with Crippen LogP contribution in [0.5, 0.6) is 0 Å². The Morgan fingerprint density at radius 1 is 1.08 bits per heavy atom. The maximum atomic E-state index is 5.89. The lowest BCUT2D eigenvalue weighted by atomic mass is 9.95. The number of rotatable bonds is 2. The van der Waals surface area contributed by atoms with Crippen molar-refractivity contribution in [1.82, 2.24) is 0 Å². The second-order valence-corrected chi connectivity index (χ2v) is 4.93. The molecule has 0 aromatic rings. The molecule has 1 aliphatic carbocycles. The first-order valence-electron chi connectivity index (χ1n) is 4.72. The molecule has 0 aromatic carbocycles. The van der Waals surface area contributed by atoms with Crippen LogP contribution in [-0.2, 0) is 9.47 Å². The van der Waals surface area contributed by atoms with Gasteiger partial charge in [0.2, 0.25) is 0 Å². The van der Waals surface area contributed by atoms with Gasteiger partial charge in [-0.3, -0.25) is 0 Å². The summed E-state index contributed by atoms with van der Waals surface area (Å²) in [6.07, 6.45) is 5.56. The summed E-state index contributed by atoms with van der Waals surface area (Å²) in [5.74, 6) is 0. The molecular formula is C9H15BrO2. The second kappa shape index (κ2) is 4.07. The van der Waals surface area contributed by atoms with E-state index in [2.05, 4.69) is 15.9 Å². The van der Waals surface area contributed by atoms with Gasteiger partial charge in [0.25, 0.3) is 0 Å². The fourth-order valence-electron chi connectivity index (χ4n) is 1.70. The van der Waals surface area contributed by atoms with Crippen molar-refractivity contribution in [2.75, 3.05) is 13.2 Å². The molecule has 0 spiro atoms. The maximum absolute atomic E-state index is 5.89. The van der Waals surface area contributed by atoms with Gasteiger partial charge < -0.3 is 9.47 Å². The van der Waals surface area contributed by atoms with Crippen molar-refractivity contribution in [2.45, 2.75) is 42.7 Å². The molecule has 0 unspecified atom stereocenters. The first kappa shape index (κ1) is 8.97. The van der Waals surface area contributed by atoms with Gasteiger partial charge in [-0.15, -0.1) is 0 Å². The minimum Gasteiger partial charge on any atom is -0.381 e. The van der Waals surface area contributed by atoms with Gasteiger partial charge in [-0.2, -0.15) is 0 Å². The van der Waals surface area contributed by atoms with E-state index in [9.17, 15) is 0 Å². The van der Waals surface area contributed by atoms with Crippen molar-refractivity contribution >= 4 is 15.9 Å². The molecule has 3 heteroatoms. The molecule has 12 heavy (non-hydrogen) atoms. The standard InChI is InChI=1S/C9H15BrO2/c10-7-5-9(6-7)12-8-1-3-11-4-2-8/h7-9H,1-6H2. The molecule has 1 heterocycles. The van der Waals surface area contributed by atoms with Gasteiger partial charge in [0.1, 0.15) is 0 Å². The molecule has 70 valence electrons. The molecule has 0 aromatic heterocycles. The van der Waals surface area contributed by atoms with Gasteiger partial charge in [0.05, 0.1) is 12.2 Å². The van der Waals surface area contributed by atoms with Crippen molar-refractivity contribution in [3.63, 3.8) is 0 Å². The highest BCUT2D eigenvalue weighted by atomic mass is 79.9. The van der Waals surface area contributed by atoms with Crippen molar-refractivity contribution in [3.05, 3.63) is 0 Å². The van der Waals surface area contributed by atoms with Crippen LogP contribution in [0.4, 0.5) is 0 Å². The summed E-state index contributed by atoms with van der Waals surface area (Å²) in [5, 5.41) is 0. The molecule has 0 N–H and O–H groups in total. The lowest BCUT2D eigenvalue weighted by Crippen LogP contribution is -2.37. The van der Waals surface area contributed by atoms with Crippen molar-refractivity contribution in [3.8, 4) is 0 Å². The molecule has 1 saturated carbocycles. The van der Waals surface area contributed by atoms with E-state index < -0.39 is 0 Å². The van der Waals surface area contributed by atoms with E-state index in [1.54, 1.807) is 0 Å². The van der Waals surface area contributed by atoms with Gasteiger partial charge in [-0.1, -0.05) is 15.9 Å². The highest BCUT2D eigenvalue weighted by Crippen LogP contribution is 2.31. The Labute approximate surface area is 81.7 Å². The molecule has 0 radical (unpaired) electrons. The summed E-state index contributed by atoms with van der Waals surface area (Å²) in [7, 11) is 0. The third-order valence-corrected chi connectivity index (χ3v) is 3.34. The quantitative estimate of drug-likeness (QED) is 0.682. The van der Waals surface area contributed by atoms with Gasteiger partial charge >= 0.3 is 0 Å². The molecule has 1 saturated heterocycles. The van der Waals surface area contributed by atoms with Crippen LogP contribution in [-0.4, -0.2) is 30.2 Å². The van der Waals surface area contributed by atoms with Crippen LogP contribution in [0.15, 0.2) is 0 Å². The normalized spacial score (nSPS) is 37.8. The first-order chi connectivity index (χ1) is 5.84. The Bertz CT molecular complexity index is 139. The summed E-state index contributed by atoms with van der Waals surface area (Å²) >= 11 is 3.56. The summed E-state index contributed by atoms with van der Waals surface area (Å²) in [6.45, 7) is 1.77. The fourth-order valence-corrected chi connectivity index (χ4v) is 2.53. The predicted octanol–water partition coefficient (Wildman–Crippen LogP) is 2.11. The van der Waals surface area contributed by atoms with Crippen LogP contribution in [0.3, 0.4) is 0 Å². The van der Waals surface area contributed by atoms with E-state index in [-0.39, 0.29) is 0 Å². The number of hydrogen-bond donors (Lipinski definition) is 0. The monoisotopic (exact) mass is 234 g/mol. The van der Waals surface area contributed by atoms with Crippen molar-refractivity contribution < 1.29 is 9.47 Å². The van der Waals surface area contributed by atoms with Crippen LogP contribution >= 0.6 is 15.9 Å². The maximum Gasteiger partial charge on any atom is 0.0622 e. The minimum absolute atomic E-state index is 0.476. The van der Waals surface area contributed by atoms with Crippen molar-refractivity contribution in [1.29, 1.82) is 0 Å². The van der Waals surface area contributed by atoms with Crippen LogP contribution in [0, 0.1) is 0 Å². The van der Waals surface area contributed by atoms with Crippen LogP contribution < -0.4 is 0 Å². The number of ether oxygens (including phenoxy) is 2. The number of hydrogen-bond acceptors (Lipinski definition) is 2. The number of alkyl halides is 1. The fraction of sp³-hybridized carbons (Fsp3) is 1.00. The van der Waals surface area contributed by atoms with Gasteiger partial charge in [0.15, 0.2) is 0 Å². The van der Waals surface area contributed by atoms with E-state index in [0.717, 1.165) is 26.1 Å². The van der Waals surface area contributed by atoms with Crippen LogP contribution in [0.1, 0.15) is 25.7 Å². The molecule has 0 atom stereocenters. The molecule has 1 aliphatic heterocycles. The Morgan fingerprint density at radius 2 is 1.75 bits per heavy atom. The number of halogens is 1. The van der Waals surface area contributed by atoms with Gasteiger partial charge in [-0.05, 0) is 25.7 Å². The van der Waals surface area contributed by atoms with Gasteiger partial charge in [-0.25, -0.2) is 0 Å². The lowest BCUT2D eigenvalue weighted by molar-refractivity contribution is -0.0898. The zero-order valence-corrected chi connectivity index (χ0v) is 8.76. The average molecular weight is 235 g/mol. The molecule has 2 fully saturated rings. The lowest BCUT2D eigenvalue weighted by Gasteiger charge is -2.35. The zero-order chi connectivity index (χ0) is 8.39. The smallest absolute Gasteiger partial charge is 0.0622 e. The third kappa shape index (κ3) is 2.21. The molecule has 2 rings (SSSR count). The van der Waals surface area contributed by atoms with E-state index in [0.29, 0.717) is 17.0 Å². The summed E-state index contributed by atoms with van der Waals surface area (Å²) in [4.78, 5) is 0.711. The summed E-state index contributed by atoms with van der Waals surface area (Å²) in [5.41, 5.74) is 0. The Balaban J connectivity index is 1.65. The minimum atomic E-state index is 0.476. The SMILES string of the molecule is BrC1CC(OC2CCOCC2)C1. The Morgan fingerprint density at radius 3 is 2.33 bits per heavy atom. The Kier molecular flexibility index (Phi) is 3.05. The Hall–Kier alpha value is 0.400. The predicted molar refractivity (Wildman–Crippen MR) is 50.7 cm³/mol. The average Bonchev–Trinajstić information content (AvgIpc) is 2.04.